The summed E-state index contributed by atoms with van der Waals surface area (Å²) in [4.78, 5) is 18.4. The number of hydrogen-bond donors (Lipinski definition) is 0. The third kappa shape index (κ3) is 3.70. The van der Waals surface area contributed by atoms with Crippen LogP contribution in [0.15, 0.2) is 70.9 Å². The van der Waals surface area contributed by atoms with Gasteiger partial charge >= 0.3 is 0 Å². The lowest BCUT2D eigenvalue weighted by Crippen LogP contribution is -2.16. The van der Waals surface area contributed by atoms with Gasteiger partial charge in [-0.2, -0.15) is 0 Å². The lowest BCUT2D eigenvalue weighted by Gasteiger charge is -2.12. The minimum absolute atomic E-state index is 0.168. The predicted octanol–water partition coefficient (Wildman–Crippen LogP) is 5.06. The predicted molar refractivity (Wildman–Crippen MR) is 128 cm³/mol. The summed E-state index contributed by atoms with van der Waals surface area (Å²) >= 11 is 0. The van der Waals surface area contributed by atoms with E-state index in [2.05, 4.69) is 75.7 Å². The van der Waals surface area contributed by atoms with E-state index < -0.39 is 8.07 Å². The van der Waals surface area contributed by atoms with Gasteiger partial charge in [0, 0.05) is 17.3 Å². The van der Waals surface area contributed by atoms with E-state index in [4.69, 9.17) is 9.41 Å². The highest BCUT2D eigenvalue weighted by molar-refractivity contribution is 6.83. The van der Waals surface area contributed by atoms with Crippen LogP contribution in [0, 0.1) is 11.5 Å². The SMILES string of the molecule is C[C@H]1N=C(c2ccccn2)c2cc(C#C[Si](C)(C)C)ccc2-n2cnc(-c3cnco3)c21. The molecule has 1 aromatic carbocycles. The van der Waals surface area contributed by atoms with Crippen LogP contribution in [0.4, 0.5) is 0 Å². The number of oxazole rings is 1. The number of imidazole rings is 1. The number of rotatable bonds is 2. The molecule has 0 bridgehead atoms. The van der Waals surface area contributed by atoms with E-state index in [9.17, 15) is 0 Å². The second-order valence-electron chi connectivity index (χ2n) is 8.81. The number of aromatic nitrogens is 4. The van der Waals surface area contributed by atoms with Gasteiger partial charge < -0.3 is 4.42 Å². The summed E-state index contributed by atoms with van der Waals surface area (Å²) in [5.41, 5.74) is 9.78. The molecule has 0 radical (unpaired) electrons. The molecule has 3 aromatic heterocycles. The topological polar surface area (TPSA) is 69.1 Å². The number of fused-ring (bicyclic) bond motifs is 3. The Morgan fingerprint density at radius 2 is 1.97 bits per heavy atom. The summed E-state index contributed by atoms with van der Waals surface area (Å²) in [6.45, 7) is 8.80. The summed E-state index contributed by atoms with van der Waals surface area (Å²) in [6.07, 6.45) is 6.72. The summed E-state index contributed by atoms with van der Waals surface area (Å²) in [7, 11) is -1.50. The fourth-order valence-electron chi connectivity index (χ4n) is 3.78. The van der Waals surface area contributed by atoms with Crippen LogP contribution in [0.25, 0.3) is 17.1 Å². The van der Waals surface area contributed by atoms with Crippen LogP contribution in [0.3, 0.4) is 0 Å². The monoisotopic (exact) mass is 437 g/mol. The van der Waals surface area contributed by atoms with Gasteiger partial charge in [0.1, 0.15) is 20.1 Å². The minimum Gasteiger partial charge on any atom is -0.442 e. The molecule has 0 spiro atoms. The average molecular weight is 438 g/mol. The minimum atomic E-state index is -1.50. The van der Waals surface area contributed by atoms with Crippen molar-refractivity contribution >= 4 is 13.8 Å². The molecule has 7 heteroatoms. The Hall–Kier alpha value is -3.76. The molecule has 1 aliphatic heterocycles. The van der Waals surface area contributed by atoms with E-state index in [1.54, 1.807) is 12.4 Å². The van der Waals surface area contributed by atoms with Gasteiger partial charge in [-0.3, -0.25) is 14.5 Å². The quantitative estimate of drug-likeness (QED) is 0.325. The lowest BCUT2D eigenvalue weighted by molar-refractivity contribution is 0.568. The van der Waals surface area contributed by atoms with Crippen LogP contribution < -0.4 is 0 Å². The van der Waals surface area contributed by atoms with Crippen molar-refractivity contribution in [1.29, 1.82) is 0 Å². The van der Waals surface area contributed by atoms with Gasteiger partial charge in [0.05, 0.1) is 35.0 Å². The molecule has 158 valence electrons. The van der Waals surface area contributed by atoms with Crippen molar-refractivity contribution in [2.75, 3.05) is 0 Å². The zero-order valence-electron chi connectivity index (χ0n) is 18.5. The lowest BCUT2D eigenvalue weighted by atomic mass is 10.0. The highest BCUT2D eigenvalue weighted by atomic mass is 28.3. The summed E-state index contributed by atoms with van der Waals surface area (Å²) in [5, 5.41) is 0. The second-order valence-corrected chi connectivity index (χ2v) is 13.6. The van der Waals surface area contributed by atoms with E-state index in [1.165, 1.54) is 6.39 Å². The smallest absolute Gasteiger partial charge is 0.181 e. The maximum atomic E-state index is 5.55. The maximum absolute atomic E-state index is 5.55. The van der Waals surface area contributed by atoms with Gasteiger partial charge in [-0.25, -0.2) is 9.97 Å². The van der Waals surface area contributed by atoms with E-state index in [0.29, 0.717) is 5.76 Å². The van der Waals surface area contributed by atoms with Gasteiger partial charge in [-0.1, -0.05) is 31.6 Å². The molecule has 0 unspecified atom stereocenters. The Morgan fingerprint density at radius 3 is 2.69 bits per heavy atom. The van der Waals surface area contributed by atoms with Crippen LogP contribution in [0.1, 0.15) is 35.5 Å². The van der Waals surface area contributed by atoms with Gasteiger partial charge in [0.15, 0.2) is 12.2 Å². The van der Waals surface area contributed by atoms with Crippen molar-refractivity contribution in [1.82, 2.24) is 19.5 Å². The van der Waals surface area contributed by atoms with Gasteiger partial charge in [-0.15, -0.1) is 5.54 Å². The molecule has 5 rings (SSSR count). The molecule has 1 aliphatic rings. The molecule has 4 heterocycles. The third-order valence-electron chi connectivity index (χ3n) is 5.19. The van der Waals surface area contributed by atoms with Crippen LogP contribution >= 0.6 is 0 Å². The number of benzene rings is 1. The van der Waals surface area contributed by atoms with Gasteiger partial charge in [0.2, 0.25) is 0 Å². The second kappa shape index (κ2) is 7.73. The van der Waals surface area contributed by atoms with E-state index in [1.807, 2.05) is 24.5 Å². The Kier molecular flexibility index (Phi) is 4.87. The molecular formula is C25H23N5OSi. The molecule has 0 amide bonds. The van der Waals surface area contributed by atoms with Crippen LogP contribution in [0.2, 0.25) is 19.6 Å². The first-order chi connectivity index (χ1) is 15.4. The normalized spacial score (nSPS) is 15.1. The first kappa shape index (κ1) is 20.2. The van der Waals surface area contributed by atoms with Gasteiger partial charge in [-0.05, 0) is 37.3 Å². The van der Waals surface area contributed by atoms with Gasteiger partial charge in [0.25, 0.3) is 0 Å². The molecule has 0 aliphatic carbocycles. The first-order valence-corrected chi connectivity index (χ1v) is 14.0. The van der Waals surface area contributed by atoms with Crippen molar-refractivity contribution in [2.45, 2.75) is 32.6 Å². The van der Waals surface area contributed by atoms with Crippen LogP contribution in [0.5, 0.6) is 0 Å². The van der Waals surface area contributed by atoms with Crippen LogP contribution in [-0.4, -0.2) is 33.3 Å². The summed E-state index contributed by atoms with van der Waals surface area (Å²) < 4.78 is 7.64. The van der Waals surface area contributed by atoms with Crippen molar-refractivity contribution in [2.24, 2.45) is 4.99 Å². The zero-order chi connectivity index (χ0) is 22.3. The molecule has 6 nitrogen and oxygen atoms in total. The number of nitrogens with zero attached hydrogens (tertiary/aromatic N) is 5. The fourth-order valence-corrected chi connectivity index (χ4v) is 4.30. The molecule has 0 N–H and O–H groups in total. The Morgan fingerprint density at radius 1 is 1.09 bits per heavy atom. The first-order valence-electron chi connectivity index (χ1n) is 10.5. The standard InChI is InChI=1S/C25H23N5OSi/c1-17-25-24(22-14-26-16-31-22)28-15-30(25)21-9-8-18(10-12-32(2,3)4)13-19(21)23(29-17)20-7-5-6-11-27-20/h5-9,11,13-17H,1-4H3/t17-/m1/s1. The van der Waals surface area contributed by atoms with Crippen molar-refractivity contribution < 1.29 is 4.42 Å². The fraction of sp³-hybridized carbons (Fsp3) is 0.200. The molecule has 0 saturated carbocycles. The molecule has 0 saturated heterocycles. The highest BCUT2D eigenvalue weighted by Crippen LogP contribution is 2.36. The molecule has 4 aromatic rings. The Bertz CT molecular complexity index is 1370. The largest absolute Gasteiger partial charge is 0.442 e. The van der Waals surface area contributed by atoms with Crippen molar-refractivity contribution in [3.63, 3.8) is 0 Å². The van der Waals surface area contributed by atoms with Crippen LogP contribution in [-0.2, 0) is 0 Å². The van der Waals surface area contributed by atoms with E-state index in [-0.39, 0.29) is 6.04 Å². The van der Waals surface area contributed by atoms with Crippen molar-refractivity contribution in [3.8, 4) is 28.6 Å². The maximum Gasteiger partial charge on any atom is 0.181 e. The number of aliphatic imine (C=N–C) groups is 1. The van der Waals surface area contributed by atoms with Crippen molar-refractivity contribution in [3.05, 3.63) is 84.0 Å². The van der Waals surface area contributed by atoms with E-state index >= 15 is 0 Å². The molecule has 32 heavy (non-hydrogen) atoms. The summed E-state index contributed by atoms with van der Waals surface area (Å²) in [5.74, 6) is 4.00. The Balaban J connectivity index is 1.76. The number of pyridine rings is 1. The van der Waals surface area contributed by atoms with E-state index in [0.717, 1.165) is 39.6 Å². The molecule has 0 fully saturated rings. The molecular weight excluding hydrogens is 414 g/mol. The Labute approximate surface area is 188 Å². The average Bonchev–Trinajstić information content (AvgIpc) is 3.43. The zero-order valence-corrected chi connectivity index (χ0v) is 19.5. The number of hydrogen-bond acceptors (Lipinski definition) is 5. The molecule has 1 atom stereocenters. The summed E-state index contributed by atoms with van der Waals surface area (Å²) in [6, 6.07) is 12.0. The third-order valence-corrected chi connectivity index (χ3v) is 6.06. The highest BCUT2D eigenvalue weighted by Gasteiger charge is 2.28.